The van der Waals surface area contributed by atoms with Gasteiger partial charge in [0.05, 0.1) is 0 Å². The molecule has 1 heterocycles. The van der Waals surface area contributed by atoms with Crippen LogP contribution in [-0.4, -0.2) is 41.4 Å². The summed E-state index contributed by atoms with van der Waals surface area (Å²) in [4.78, 5) is 10.9. The minimum Gasteiger partial charge on any atom is -0.368 e. The molecule has 0 aromatic heterocycles. The molecule has 0 fully saturated rings. The summed E-state index contributed by atoms with van der Waals surface area (Å²) in [5, 5.41) is 11.9. The summed E-state index contributed by atoms with van der Waals surface area (Å²) < 4.78 is 0. The van der Waals surface area contributed by atoms with E-state index in [1.165, 1.54) is 17.2 Å². The molecule has 4 heteroatoms. The van der Waals surface area contributed by atoms with Gasteiger partial charge in [0.2, 0.25) is 0 Å². The maximum Gasteiger partial charge on any atom is 0.263 e. The van der Waals surface area contributed by atoms with Crippen molar-refractivity contribution in [2.24, 2.45) is 0 Å². The van der Waals surface area contributed by atoms with Crippen LogP contribution < -0.4 is 0 Å². The quantitative estimate of drug-likeness (QED) is 0.520. The van der Waals surface area contributed by atoms with Crippen LogP contribution >= 0.6 is 0 Å². The lowest BCUT2D eigenvalue weighted by Crippen LogP contribution is -2.43. The molecule has 0 aromatic rings. The SMILES string of the molecule is CN(C)N1C(=O)C=CC1O. The lowest BCUT2D eigenvalue weighted by molar-refractivity contribution is -0.151. The van der Waals surface area contributed by atoms with E-state index in [1.54, 1.807) is 19.1 Å². The van der Waals surface area contributed by atoms with E-state index in [9.17, 15) is 4.79 Å². The number of aliphatic hydroxyl groups is 1. The Morgan fingerprint density at radius 2 is 2.30 bits per heavy atom. The maximum atomic E-state index is 10.9. The smallest absolute Gasteiger partial charge is 0.263 e. The molecular formula is C6H10N2O2. The third-order valence-electron chi connectivity index (χ3n) is 1.32. The third-order valence-corrected chi connectivity index (χ3v) is 1.32. The molecule has 1 N–H and O–H groups in total. The number of amides is 1. The molecule has 0 spiro atoms. The summed E-state index contributed by atoms with van der Waals surface area (Å²) in [5.41, 5.74) is 0. The van der Waals surface area contributed by atoms with Gasteiger partial charge in [-0.3, -0.25) is 4.79 Å². The van der Waals surface area contributed by atoms with E-state index in [0.29, 0.717) is 0 Å². The number of aliphatic hydroxyl groups excluding tert-OH is 1. The number of carbonyl (C=O) groups excluding carboxylic acids is 1. The first-order chi connectivity index (χ1) is 4.63. The van der Waals surface area contributed by atoms with Gasteiger partial charge in [-0.15, -0.1) is 0 Å². The number of nitrogens with zero attached hydrogens (tertiary/aromatic N) is 2. The van der Waals surface area contributed by atoms with E-state index in [4.69, 9.17) is 5.11 Å². The number of carbonyl (C=O) groups is 1. The Bertz CT molecular complexity index is 177. The predicted molar refractivity (Wildman–Crippen MR) is 35.7 cm³/mol. The van der Waals surface area contributed by atoms with Crippen LogP contribution in [0.1, 0.15) is 0 Å². The molecule has 1 atom stereocenters. The van der Waals surface area contributed by atoms with E-state index >= 15 is 0 Å². The van der Waals surface area contributed by atoms with Gasteiger partial charge in [0, 0.05) is 20.2 Å². The fraction of sp³-hybridized carbons (Fsp3) is 0.500. The molecule has 0 aromatic carbocycles. The zero-order valence-electron chi connectivity index (χ0n) is 5.98. The van der Waals surface area contributed by atoms with E-state index in [0.717, 1.165) is 0 Å². The summed E-state index contributed by atoms with van der Waals surface area (Å²) in [6.45, 7) is 0. The third kappa shape index (κ3) is 1.03. The summed E-state index contributed by atoms with van der Waals surface area (Å²) >= 11 is 0. The Labute approximate surface area is 59.3 Å². The highest BCUT2D eigenvalue weighted by molar-refractivity contribution is 5.89. The number of hydrogen-bond acceptors (Lipinski definition) is 3. The Balaban J connectivity index is 2.69. The minimum atomic E-state index is -0.789. The van der Waals surface area contributed by atoms with Crippen molar-refractivity contribution >= 4 is 5.91 Å². The molecule has 4 nitrogen and oxygen atoms in total. The standard InChI is InChI=1S/C6H10N2O2/c1-7(2)8-5(9)3-4-6(8)10/h3-5,9H,1-2H3. The van der Waals surface area contributed by atoms with Crippen molar-refractivity contribution < 1.29 is 9.90 Å². The normalized spacial score (nSPS) is 25.0. The highest BCUT2D eigenvalue weighted by atomic mass is 16.3. The van der Waals surface area contributed by atoms with Gasteiger partial charge < -0.3 is 5.11 Å². The van der Waals surface area contributed by atoms with Gasteiger partial charge in [0.15, 0.2) is 6.23 Å². The second-order valence-corrected chi connectivity index (χ2v) is 2.30. The molecule has 56 valence electrons. The topological polar surface area (TPSA) is 43.8 Å². The number of hydrazine groups is 1. The van der Waals surface area contributed by atoms with Crippen LogP contribution in [0.2, 0.25) is 0 Å². The van der Waals surface area contributed by atoms with Crippen LogP contribution in [0, 0.1) is 0 Å². The molecule has 1 unspecified atom stereocenters. The van der Waals surface area contributed by atoms with Gasteiger partial charge in [-0.25, -0.2) is 10.0 Å². The van der Waals surface area contributed by atoms with Crippen molar-refractivity contribution in [3.8, 4) is 0 Å². The molecule has 0 bridgehead atoms. The fourth-order valence-electron chi connectivity index (χ4n) is 0.890. The van der Waals surface area contributed by atoms with Crippen molar-refractivity contribution in [2.45, 2.75) is 6.23 Å². The predicted octanol–water partition coefficient (Wildman–Crippen LogP) is -0.820. The molecule has 0 saturated carbocycles. The molecular weight excluding hydrogens is 132 g/mol. The van der Waals surface area contributed by atoms with Crippen LogP contribution in [0.5, 0.6) is 0 Å². The minimum absolute atomic E-state index is 0.183. The largest absolute Gasteiger partial charge is 0.368 e. The first-order valence-corrected chi connectivity index (χ1v) is 2.99. The lowest BCUT2D eigenvalue weighted by atomic mass is 10.5. The molecule has 1 rings (SSSR count). The average molecular weight is 142 g/mol. The molecule has 10 heavy (non-hydrogen) atoms. The first-order valence-electron chi connectivity index (χ1n) is 2.99. The van der Waals surface area contributed by atoms with E-state index in [2.05, 4.69) is 0 Å². The van der Waals surface area contributed by atoms with Gasteiger partial charge in [0.1, 0.15) is 0 Å². The Morgan fingerprint density at radius 1 is 1.70 bits per heavy atom. The second-order valence-electron chi connectivity index (χ2n) is 2.30. The fourth-order valence-corrected chi connectivity index (χ4v) is 0.890. The number of hydrogen-bond donors (Lipinski definition) is 1. The summed E-state index contributed by atoms with van der Waals surface area (Å²) in [6.07, 6.45) is 2.01. The second kappa shape index (κ2) is 2.40. The van der Waals surface area contributed by atoms with E-state index in [1.807, 2.05) is 0 Å². The van der Waals surface area contributed by atoms with Crippen LogP contribution in [0.15, 0.2) is 12.2 Å². The molecule has 1 amide bonds. The van der Waals surface area contributed by atoms with Crippen molar-refractivity contribution in [1.82, 2.24) is 10.0 Å². The summed E-state index contributed by atoms with van der Waals surface area (Å²) in [5.74, 6) is -0.183. The van der Waals surface area contributed by atoms with Crippen molar-refractivity contribution in [3.05, 3.63) is 12.2 Å². The van der Waals surface area contributed by atoms with Crippen LogP contribution in [0.3, 0.4) is 0 Å². The van der Waals surface area contributed by atoms with Crippen LogP contribution in [-0.2, 0) is 4.79 Å². The van der Waals surface area contributed by atoms with Gasteiger partial charge in [-0.05, 0) is 6.08 Å². The molecule has 0 saturated heterocycles. The average Bonchev–Trinajstić information content (AvgIpc) is 2.11. The maximum absolute atomic E-state index is 10.9. The first kappa shape index (κ1) is 7.24. The van der Waals surface area contributed by atoms with Crippen molar-refractivity contribution in [1.29, 1.82) is 0 Å². The Hall–Kier alpha value is -0.870. The van der Waals surface area contributed by atoms with Crippen LogP contribution in [0.25, 0.3) is 0 Å². The molecule has 0 aliphatic carbocycles. The zero-order valence-corrected chi connectivity index (χ0v) is 5.98. The Kier molecular flexibility index (Phi) is 1.74. The highest BCUT2D eigenvalue weighted by Crippen LogP contribution is 2.08. The van der Waals surface area contributed by atoms with Gasteiger partial charge in [-0.1, -0.05) is 0 Å². The van der Waals surface area contributed by atoms with Gasteiger partial charge >= 0.3 is 0 Å². The van der Waals surface area contributed by atoms with E-state index in [-0.39, 0.29) is 5.91 Å². The van der Waals surface area contributed by atoms with Crippen LogP contribution in [0.4, 0.5) is 0 Å². The molecule has 1 aliphatic rings. The summed E-state index contributed by atoms with van der Waals surface area (Å²) in [7, 11) is 3.40. The molecule has 1 aliphatic heterocycles. The van der Waals surface area contributed by atoms with E-state index < -0.39 is 6.23 Å². The Morgan fingerprint density at radius 3 is 2.50 bits per heavy atom. The van der Waals surface area contributed by atoms with Crippen molar-refractivity contribution in [3.63, 3.8) is 0 Å². The number of rotatable bonds is 1. The lowest BCUT2D eigenvalue weighted by Gasteiger charge is -2.26. The monoisotopic (exact) mass is 142 g/mol. The van der Waals surface area contributed by atoms with Crippen molar-refractivity contribution in [2.75, 3.05) is 14.1 Å². The molecule has 0 radical (unpaired) electrons. The highest BCUT2D eigenvalue weighted by Gasteiger charge is 2.24. The van der Waals surface area contributed by atoms with Gasteiger partial charge in [0.25, 0.3) is 5.91 Å². The zero-order chi connectivity index (χ0) is 7.72. The summed E-state index contributed by atoms with van der Waals surface area (Å²) in [6, 6.07) is 0. The van der Waals surface area contributed by atoms with Gasteiger partial charge in [-0.2, -0.15) is 0 Å².